The van der Waals surface area contributed by atoms with E-state index >= 15 is 0 Å². The second-order valence-electron chi connectivity index (χ2n) is 6.17. The van der Waals surface area contributed by atoms with Gasteiger partial charge in [0.05, 0.1) is 12.5 Å². The molecule has 0 aromatic carbocycles. The summed E-state index contributed by atoms with van der Waals surface area (Å²) >= 11 is 0. The molecule has 1 saturated heterocycles. The number of rotatable bonds is 3. The zero-order valence-electron chi connectivity index (χ0n) is 12.0. The van der Waals surface area contributed by atoms with E-state index in [1.807, 2.05) is 4.68 Å². The summed E-state index contributed by atoms with van der Waals surface area (Å²) in [6.07, 6.45) is 4.82. The van der Waals surface area contributed by atoms with Crippen LogP contribution in [-0.4, -0.2) is 50.9 Å². The quantitative estimate of drug-likeness (QED) is 0.886. The molecule has 0 amide bonds. The maximum absolute atomic E-state index is 11.1. The molecule has 0 spiro atoms. The Morgan fingerprint density at radius 3 is 3.00 bits per heavy atom. The summed E-state index contributed by atoms with van der Waals surface area (Å²) in [6, 6.07) is 0. The Balaban J connectivity index is 1.66. The molecule has 1 fully saturated rings. The van der Waals surface area contributed by atoms with Gasteiger partial charge in [-0.05, 0) is 38.8 Å². The summed E-state index contributed by atoms with van der Waals surface area (Å²) in [5, 5.41) is 13.6. The second kappa shape index (κ2) is 5.52. The molecule has 1 N–H and O–H groups in total. The number of hydrogen-bond acceptors (Lipinski definition) is 4. The van der Waals surface area contributed by atoms with Crippen molar-refractivity contribution in [3.8, 4) is 0 Å². The molecule has 3 rings (SSSR count). The van der Waals surface area contributed by atoms with Crippen molar-refractivity contribution in [1.29, 1.82) is 0 Å². The van der Waals surface area contributed by atoms with Crippen molar-refractivity contribution in [2.45, 2.75) is 38.6 Å². The molecule has 0 aliphatic carbocycles. The molecule has 110 valence electrons. The normalized spacial score (nSPS) is 27.2. The minimum absolute atomic E-state index is 0.308. The number of aliphatic carboxylic acids is 1. The van der Waals surface area contributed by atoms with Gasteiger partial charge in [-0.1, -0.05) is 0 Å². The Hall–Kier alpha value is -1.43. The molecular weight excluding hydrogens is 256 g/mol. The lowest BCUT2D eigenvalue weighted by Gasteiger charge is -2.28. The van der Waals surface area contributed by atoms with Crippen LogP contribution in [-0.2, 0) is 24.2 Å². The van der Waals surface area contributed by atoms with Crippen molar-refractivity contribution >= 4 is 5.97 Å². The Kier molecular flexibility index (Phi) is 3.74. The third-order valence-electron chi connectivity index (χ3n) is 4.44. The molecule has 2 atom stereocenters. The number of nitrogens with zero attached hydrogens (tertiary/aromatic N) is 4. The zero-order chi connectivity index (χ0) is 14.1. The molecule has 6 nitrogen and oxygen atoms in total. The predicted octanol–water partition coefficient (Wildman–Crippen LogP) is 0.809. The van der Waals surface area contributed by atoms with E-state index in [0.717, 1.165) is 31.0 Å². The number of likely N-dealkylation sites (tertiary alicyclic amines) is 1. The summed E-state index contributed by atoms with van der Waals surface area (Å²) in [5.41, 5.74) is 0. The van der Waals surface area contributed by atoms with Gasteiger partial charge in [-0.3, -0.25) is 4.79 Å². The van der Waals surface area contributed by atoms with Crippen LogP contribution in [0.15, 0.2) is 0 Å². The van der Waals surface area contributed by atoms with E-state index in [1.165, 1.54) is 19.4 Å². The number of carboxylic acids is 1. The molecule has 1 aromatic heterocycles. The number of piperidine rings is 1. The molecule has 0 saturated carbocycles. The second-order valence-corrected chi connectivity index (χ2v) is 6.17. The topological polar surface area (TPSA) is 71.2 Å². The monoisotopic (exact) mass is 278 g/mol. The summed E-state index contributed by atoms with van der Waals surface area (Å²) in [7, 11) is 2.16. The molecule has 20 heavy (non-hydrogen) atoms. The van der Waals surface area contributed by atoms with Crippen LogP contribution in [0.3, 0.4) is 0 Å². The van der Waals surface area contributed by atoms with Gasteiger partial charge in [-0.15, -0.1) is 0 Å². The molecule has 1 aromatic rings. The molecule has 0 radical (unpaired) electrons. The standard InChI is InChI=1S/C14H22N4O2/c1-17-6-2-3-10(8-17)7-12-15-13-5-4-11(14(19)20)9-18(13)16-12/h10-11H,2-9H2,1H3,(H,19,20). The number of hydrogen-bond donors (Lipinski definition) is 1. The van der Waals surface area contributed by atoms with Gasteiger partial charge in [0.15, 0.2) is 5.82 Å². The summed E-state index contributed by atoms with van der Waals surface area (Å²) in [6.45, 7) is 2.77. The number of fused-ring (bicyclic) bond motifs is 1. The van der Waals surface area contributed by atoms with Gasteiger partial charge in [0.2, 0.25) is 0 Å². The molecule has 2 aliphatic heterocycles. The highest BCUT2D eigenvalue weighted by Crippen LogP contribution is 2.22. The maximum Gasteiger partial charge on any atom is 0.308 e. The lowest BCUT2D eigenvalue weighted by atomic mass is 9.95. The van der Waals surface area contributed by atoms with E-state index in [4.69, 9.17) is 5.11 Å². The highest BCUT2D eigenvalue weighted by molar-refractivity contribution is 5.70. The van der Waals surface area contributed by atoms with Gasteiger partial charge in [-0.25, -0.2) is 9.67 Å². The first kappa shape index (κ1) is 13.5. The summed E-state index contributed by atoms with van der Waals surface area (Å²) in [4.78, 5) is 18.0. The lowest BCUT2D eigenvalue weighted by molar-refractivity contribution is -0.142. The zero-order valence-corrected chi connectivity index (χ0v) is 12.0. The van der Waals surface area contributed by atoms with Crippen molar-refractivity contribution in [3.63, 3.8) is 0 Å². The predicted molar refractivity (Wildman–Crippen MR) is 73.4 cm³/mol. The molecule has 0 bridgehead atoms. The average molecular weight is 278 g/mol. The Morgan fingerprint density at radius 1 is 1.40 bits per heavy atom. The van der Waals surface area contributed by atoms with Crippen molar-refractivity contribution in [1.82, 2.24) is 19.7 Å². The molecule has 2 aliphatic rings. The van der Waals surface area contributed by atoms with Crippen LogP contribution in [0.2, 0.25) is 0 Å². The lowest BCUT2D eigenvalue weighted by Crippen LogP contribution is -2.33. The van der Waals surface area contributed by atoms with Crippen LogP contribution in [0.1, 0.15) is 30.9 Å². The van der Waals surface area contributed by atoms with Crippen LogP contribution in [0.5, 0.6) is 0 Å². The minimum atomic E-state index is -0.721. The first-order valence-electron chi connectivity index (χ1n) is 7.46. The van der Waals surface area contributed by atoms with E-state index < -0.39 is 5.97 Å². The fourth-order valence-electron chi connectivity index (χ4n) is 3.35. The van der Waals surface area contributed by atoms with Gasteiger partial charge in [0, 0.05) is 19.4 Å². The Morgan fingerprint density at radius 2 is 2.25 bits per heavy atom. The largest absolute Gasteiger partial charge is 0.481 e. The Labute approximate surface area is 118 Å². The van der Waals surface area contributed by atoms with Crippen LogP contribution in [0, 0.1) is 11.8 Å². The smallest absolute Gasteiger partial charge is 0.308 e. The fraction of sp³-hybridized carbons (Fsp3) is 0.786. The van der Waals surface area contributed by atoms with E-state index in [0.29, 0.717) is 18.9 Å². The summed E-state index contributed by atoms with van der Waals surface area (Å²) < 4.78 is 1.81. The van der Waals surface area contributed by atoms with Gasteiger partial charge < -0.3 is 10.0 Å². The highest BCUT2D eigenvalue weighted by atomic mass is 16.4. The molecule has 3 heterocycles. The van der Waals surface area contributed by atoms with E-state index in [9.17, 15) is 4.79 Å². The minimum Gasteiger partial charge on any atom is -0.481 e. The van der Waals surface area contributed by atoms with E-state index in [-0.39, 0.29) is 5.92 Å². The number of carboxylic acid groups (broad SMARTS) is 1. The van der Waals surface area contributed by atoms with Gasteiger partial charge >= 0.3 is 5.97 Å². The molecular formula is C14H22N4O2. The first-order chi connectivity index (χ1) is 9.61. The van der Waals surface area contributed by atoms with Crippen LogP contribution in [0.25, 0.3) is 0 Å². The molecule has 6 heteroatoms. The van der Waals surface area contributed by atoms with Crippen LogP contribution < -0.4 is 0 Å². The Bertz CT molecular complexity index is 499. The van der Waals surface area contributed by atoms with Gasteiger partial charge in [0.1, 0.15) is 5.82 Å². The number of aromatic nitrogens is 3. The third-order valence-corrected chi connectivity index (χ3v) is 4.44. The van der Waals surface area contributed by atoms with E-state index in [1.54, 1.807) is 0 Å². The number of carbonyl (C=O) groups is 1. The highest BCUT2D eigenvalue weighted by Gasteiger charge is 2.27. The molecule has 2 unspecified atom stereocenters. The summed E-state index contributed by atoms with van der Waals surface area (Å²) in [5.74, 6) is 1.46. The maximum atomic E-state index is 11.1. The average Bonchev–Trinajstić information content (AvgIpc) is 2.79. The van der Waals surface area contributed by atoms with Gasteiger partial charge in [-0.2, -0.15) is 5.10 Å². The first-order valence-corrected chi connectivity index (χ1v) is 7.46. The van der Waals surface area contributed by atoms with Crippen molar-refractivity contribution in [2.24, 2.45) is 11.8 Å². The van der Waals surface area contributed by atoms with Crippen molar-refractivity contribution in [2.75, 3.05) is 20.1 Å². The fourth-order valence-corrected chi connectivity index (χ4v) is 3.35. The van der Waals surface area contributed by atoms with Crippen molar-refractivity contribution < 1.29 is 9.90 Å². The third kappa shape index (κ3) is 2.85. The van der Waals surface area contributed by atoms with Crippen molar-refractivity contribution in [3.05, 3.63) is 11.6 Å². The van der Waals surface area contributed by atoms with Crippen LogP contribution in [0.4, 0.5) is 0 Å². The van der Waals surface area contributed by atoms with Crippen LogP contribution >= 0.6 is 0 Å². The van der Waals surface area contributed by atoms with Gasteiger partial charge in [0.25, 0.3) is 0 Å². The number of aryl methyl sites for hydroxylation is 1. The van der Waals surface area contributed by atoms with E-state index in [2.05, 4.69) is 22.0 Å². The SMILES string of the molecule is CN1CCCC(Cc2nc3n(n2)CC(C(=O)O)CC3)C1.